The molecule has 5 heteroatoms. The third-order valence-electron chi connectivity index (χ3n) is 6.85. The van der Waals surface area contributed by atoms with E-state index >= 15 is 0 Å². The molecule has 156 valence electrons. The first kappa shape index (κ1) is 19.3. The van der Waals surface area contributed by atoms with Gasteiger partial charge in [0.2, 0.25) is 5.91 Å². The smallest absolute Gasteiger partial charge is 0.242 e. The summed E-state index contributed by atoms with van der Waals surface area (Å²) in [6, 6.07) is 19.6. The molecule has 5 rings (SSSR count). The van der Waals surface area contributed by atoms with Crippen LogP contribution in [0.1, 0.15) is 37.1 Å². The second kappa shape index (κ2) is 8.23. The van der Waals surface area contributed by atoms with Gasteiger partial charge in [0.1, 0.15) is 12.4 Å². The first-order valence-electron chi connectivity index (χ1n) is 11.2. The summed E-state index contributed by atoms with van der Waals surface area (Å²) in [5.41, 5.74) is 3.37. The van der Waals surface area contributed by atoms with Gasteiger partial charge in [0, 0.05) is 25.2 Å². The molecular weight excluding hydrogens is 372 g/mol. The van der Waals surface area contributed by atoms with Crippen molar-refractivity contribution in [1.82, 2.24) is 19.4 Å². The van der Waals surface area contributed by atoms with Crippen molar-refractivity contribution in [2.24, 2.45) is 0 Å². The van der Waals surface area contributed by atoms with Crippen LogP contribution < -0.4 is 0 Å². The lowest BCUT2D eigenvalue weighted by Gasteiger charge is -2.35. The Hall–Kier alpha value is -2.66. The van der Waals surface area contributed by atoms with Gasteiger partial charge in [0.25, 0.3) is 0 Å². The molecule has 1 amide bonds. The lowest BCUT2D eigenvalue weighted by Crippen LogP contribution is -2.48. The molecule has 1 aromatic heterocycles. The zero-order chi connectivity index (χ0) is 20.5. The van der Waals surface area contributed by atoms with Crippen molar-refractivity contribution in [3.8, 4) is 0 Å². The van der Waals surface area contributed by atoms with E-state index in [4.69, 9.17) is 0 Å². The minimum absolute atomic E-state index is 0.232. The highest BCUT2D eigenvalue weighted by Gasteiger charge is 2.39. The summed E-state index contributed by atoms with van der Waals surface area (Å²) in [4.78, 5) is 22.8. The molecule has 2 atom stereocenters. The first-order chi connectivity index (χ1) is 14.7. The highest BCUT2D eigenvalue weighted by Crippen LogP contribution is 2.31. The van der Waals surface area contributed by atoms with Crippen LogP contribution in [0, 0.1) is 6.92 Å². The van der Waals surface area contributed by atoms with Crippen LogP contribution in [0.4, 0.5) is 0 Å². The summed E-state index contributed by atoms with van der Waals surface area (Å²) < 4.78 is 2.07. The van der Waals surface area contributed by atoms with Gasteiger partial charge >= 0.3 is 0 Å². The standard InChI is InChI=1S/C25H30N4O/c1-19-26-21-11-5-6-12-22(21)29(19)18-25(30)28-16-8-14-24(28)23-13-7-15-27(23)17-20-9-3-2-4-10-20/h2-6,9-12,23-24H,7-8,13-18H2,1H3/t23-,24+/m0/s1. The number of carbonyl (C=O) groups is 1. The van der Waals surface area contributed by atoms with Gasteiger partial charge < -0.3 is 9.47 Å². The summed E-state index contributed by atoms with van der Waals surface area (Å²) in [5.74, 6) is 1.14. The van der Waals surface area contributed by atoms with E-state index in [-0.39, 0.29) is 5.91 Å². The molecular formula is C25H30N4O. The molecule has 2 aromatic carbocycles. The Morgan fingerprint density at radius 3 is 2.57 bits per heavy atom. The molecule has 0 radical (unpaired) electrons. The maximum atomic E-state index is 13.4. The number of para-hydroxylation sites is 2. The Bertz CT molecular complexity index is 1030. The molecule has 5 nitrogen and oxygen atoms in total. The molecule has 3 heterocycles. The lowest BCUT2D eigenvalue weighted by atomic mass is 10.0. The normalized spacial score (nSPS) is 22.2. The Morgan fingerprint density at radius 2 is 1.70 bits per heavy atom. The largest absolute Gasteiger partial charge is 0.337 e. The number of aryl methyl sites for hydroxylation is 1. The van der Waals surface area contributed by atoms with E-state index in [0.29, 0.717) is 18.6 Å². The van der Waals surface area contributed by atoms with Crippen molar-refractivity contribution in [3.63, 3.8) is 0 Å². The number of benzene rings is 2. The van der Waals surface area contributed by atoms with Gasteiger partial charge in [-0.25, -0.2) is 4.98 Å². The van der Waals surface area contributed by atoms with Crippen LogP contribution in [0.5, 0.6) is 0 Å². The highest BCUT2D eigenvalue weighted by molar-refractivity contribution is 5.81. The molecule has 0 saturated carbocycles. The molecule has 30 heavy (non-hydrogen) atoms. The van der Waals surface area contributed by atoms with Crippen LogP contribution >= 0.6 is 0 Å². The molecule has 2 aliphatic heterocycles. The van der Waals surface area contributed by atoms with Crippen molar-refractivity contribution < 1.29 is 4.79 Å². The predicted molar refractivity (Wildman–Crippen MR) is 119 cm³/mol. The van der Waals surface area contributed by atoms with Gasteiger partial charge in [0.05, 0.1) is 11.0 Å². The number of hydrogen-bond donors (Lipinski definition) is 0. The molecule has 2 saturated heterocycles. The van der Waals surface area contributed by atoms with Crippen LogP contribution in [-0.2, 0) is 17.9 Å². The maximum Gasteiger partial charge on any atom is 0.242 e. The van der Waals surface area contributed by atoms with Crippen molar-refractivity contribution >= 4 is 16.9 Å². The summed E-state index contributed by atoms with van der Waals surface area (Å²) in [7, 11) is 0. The van der Waals surface area contributed by atoms with E-state index in [9.17, 15) is 4.79 Å². The Labute approximate surface area is 178 Å². The topological polar surface area (TPSA) is 41.4 Å². The van der Waals surface area contributed by atoms with E-state index in [2.05, 4.69) is 55.7 Å². The van der Waals surface area contributed by atoms with Gasteiger partial charge in [-0.2, -0.15) is 0 Å². The van der Waals surface area contributed by atoms with Gasteiger partial charge in [-0.05, 0) is 56.8 Å². The van der Waals surface area contributed by atoms with Crippen molar-refractivity contribution in [2.45, 2.75) is 57.8 Å². The van der Waals surface area contributed by atoms with Crippen LogP contribution in [0.25, 0.3) is 11.0 Å². The number of imidazole rings is 1. The fourth-order valence-corrected chi connectivity index (χ4v) is 5.43. The van der Waals surface area contributed by atoms with Crippen molar-refractivity contribution in [1.29, 1.82) is 0 Å². The Kier molecular flexibility index (Phi) is 5.30. The maximum absolute atomic E-state index is 13.4. The summed E-state index contributed by atoms with van der Waals surface area (Å²) in [5, 5.41) is 0. The third-order valence-corrected chi connectivity index (χ3v) is 6.85. The van der Waals surface area contributed by atoms with Crippen LogP contribution in [-0.4, -0.2) is 50.4 Å². The van der Waals surface area contributed by atoms with Crippen LogP contribution in [0.2, 0.25) is 0 Å². The summed E-state index contributed by atoms with van der Waals surface area (Å²) in [6.07, 6.45) is 4.64. The number of aromatic nitrogens is 2. The van der Waals surface area contributed by atoms with E-state index in [1.54, 1.807) is 0 Å². The second-order valence-electron chi connectivity index (χ2n) is 8.70. The fraction of sp³-hybridized carbons (Fsp3) is 0.440. The van der Waals surface area contributed by atoms with Gasteiger partial charge in [0.15, 0.2) is 0 Å². The quantitative estimate of drug-likeness (QED) is 0.648. The van der Waals surface area contributed by atoms with E-state index in [1.165, 1.54) is 18.4 Å². The van der Waals surface area contributed by atoms with Crippen molar-refractivity contribution in [2.75, 3.05) is 13.1 Å². The average Bonchev–Trinajstić information content (AvgIpc) is 3.48. The summed E-state index contributed by atoms with van der Waals surface area (Å²) in [6.45, 7) is 5.37. The average molecular weight is 403 g/mol. The number of rotatable bonds is 5. The third kappa shape index (κ3) is 3.63. The molecule has 2 aliphatic rings. The van der Waals surface area contributed by atoms with Crippen LogP contribution in [0.15, 0.2) is 54.6 Å². The van der Waals surface area contributed by atoms with Gasteiger partial charge in [-0.15, -0.1) is 0 Å². The molecule has 0 unspecified atom stereocenters. The van der Waals surface area contributed by atoms with Gasteiger partial charge in [-0.3, -0.25) is 9.69 Å². The monoisotopic (exact) mass is 402 g/mol. The predicted octanol–water partition coefficient (Wildman–Crippen LogP) is 4.00. The van der Waals surface area contributed by atoms with Gasteiger partial charge in [-0.1, -0.05) is 42.5 Å². The molecule has 0 bridgehead atoms. The lowest BCUT2D eigenvalue weighted by molar-refractivity contribution is -0.133. The Balaban J connectivity index is 1.33. The number of hydrogen-bond acceptors (Lipinski definition) is 3. The van der Waals surface area contributed by atoms with E-state index in [1.807, 2.05) is 25.1 Å². The number of fused-ring (bicyclic) bond motifs is 1. The van der Waals surface area contributed by atoms with E-state index < -0.39 is 0 Å². The van der Waals surface area contributed by atoms with Crippen molar-refractivity contribution in [3.05, 3.63) is 66.0 Å². The number of carbonyl (C=O) groups excluding carboxylic acids is 1. The van der Waals surface area contributed by atoms with Crippen LogP contribution in [0.3, 0.4) is 0 Å². The first-order valence-corrected chi connectivity index (χ1v) is 11.2. The minimum atomic E-state index is 0.232. The highest BCUT2D eigenvalue weighted by atomic mass is 16.2. The van der Waals surface area contributed by atoms with E-state index in [0.717, 1.165) is 49.3 Å². The number of nitrogens with zero attached hydrogens (tertiary/aromatic N) is 4. The molecule has 0 aliphatic carbocycles. The molecule has 3 aromatic rings. The number of likely N-dealkylation sites (tertiary alicyclic amines) is 2. The molecule has 0 spiro atoms. The zero-order valence-electron chi connectivity index (χ0n) is 17.7. The molecule has 0 N–H and O–H groups in total. The Morgan fingerprint density at radius 1 is 0.967 bits per heavy atom. The zero-order valence-corrected chi connectivity index (χ0v) is 17.7. The summed E-state index contributed by atoms with van der Waals surface area (Å²) >= 11 is 0. The second-order valence-corrected chi connectivity index (χ2v) is 8.70. The number of amides is 1. The minimum Gasteiger partial charge on any atom is -0.337 e. The molecule has 2 fully saturated rings. The SMILES string of the molecule is Cc1nc2ccccc2n1CC(=O)N1CCC[C@@H]1[C@@H]1CCCN1Cc1ccccc1. The fourth-order valence-electron chi connectivity index (χ4n) is 5.43.